The topological polar surface area (TPSA) is 70.9 Å². The monoisotopic (exact) mass is 354 g/mol. The lowest BCUT2D eigenvalue weighted by Gasteiger charge is -2.09. The fourth-order valence-corrected chi connectivity index (χ4v) is 2.47. The molecule has 0 heterocycles. The van der Waals surface area contributed by atoms with Gasteiger partial charge in [0.05, 0.1) is 24.1 Å². The van der Waals surface area contributed by atoms with Crippen molar-refractivity contribution < 1.29 is 14.6 Å². The van der Waals surface area contributed by atoms with Crippen molar-refractivity contribution in [1.82, 2.24) is 0 Å². The van der Waals surface area contributed by atoms with Crippen LogP contribution in [0.2, 0.25) is 0 Å². The fourth-order valence-electron chi connectivity index (χ4n) is 2.47. The number of carboxylic acid groups (broad SMARTS) is 1. The summed E-state index contributed by atoms with van der Waals surface area (Å²) >= 11 is 0. The van der Waals surface area contributed by atoms with E-state index in [0.29, 0.717) is 6.61 Å². The summed E-state index contributed by atoms with van der Waals surface area (Å²) in [5.74, 6) is -0.129. The number of carboxylic acids is 1. The summed E-state index contributed by atoms with van der Waals surface area (Å²) in [6.45, 7) is 2.92. The first-order valence-corrected chi connectivity index (χ1v) is 9.05. The molecule has 0 aromatic heterocycles. The maximum absolute atomic E-state index is 10.8. The molecule has 5 nitrogen and oxygen atoms in total. The van der Waals surface area contributed by atoms with Crippen LogP contribution in [-0.4, -0.2) is 23.9 Å². The first-order valence-electron chi connectivity index (χ1n) is 9.05. The Hall–Kier alpha value is -2.82. The van der Waals surface area contributed by atoms with Crippen LogP contribution in [-0.2, 0) is 0 Å². The van der Waals surface area contributed by atoms with Gasteiger partial charge in [-0.1, -0.05) is 44.7 Å². The second-order valence-corrected chi connectivity index (χ2v) is 6.05. The fraction of sp³-hybridized carbons (Fsp3) is 0.333. The van der Waals surface area contributed by atoms with Gasteiger partial charge in [-0.2, -0.15) is 5.10 Å². The Morgan fingerprint density at radius 1 is 1.08 bits per heavy atom. The van der Waals surface area contributed by atoms with Gasteiger partial charge < -0.3 is 9.84 Å². The van der Waals surface area contributed by atoms with E-state index in [4.69, 9.17) is 9.84 Å². The van der Waals surface area contributed by atoms with Crippen molar-refractivity contribution in [3.8, 4) is 5.75 Å². The molecule has 0 aliphatic heterocycles. The molecule has 0 aliphatic carbocycles. The van der Waals surface area contributed by atoms with Gasteiger partial charge in [0.15, 0.2) is 0 Å². The molecule has 0 aliphatic rings. The predicted molar refractivity (Wildman–Crippen MR) is 105 cm³/mol. The molecule has 0 atom stereocenters. The third-order valence-electron chi connectivity index (χ3n) is 3.95. The molecule has 5 heteroatoms. The lowest BCUT2D eigenvalue weighted by Crippen LogP contribution is -2.01. The second-order valence-electron chi connectivity index (χ2n) is 6.05. The molecule has 138 valence electrons. The molecule has 2 rings (SSSR count). The largest absolute Gasteiger partial charge is 0.493 e. The van der Waals surface area contributed by atoms with Gasteiger partial charge in [-0.05, 0) is 42.8 Å². The molecule has 0 saturated heterocycles. The number of nitrogens with one attached hydrogen (secondary N) is 1. The van der Waals surface area contributed by atoms with Crippen molar-refractivity contribution in [3.63, 3.8) is 0 Å². The van der Waals surface area contributed by atoms with Crippen molar-refractivity contribution in [2.24, 2.45) is 5.10 Å². The van der Waals surface area contributed by atoms with Crippen LogP contribution in [0.15, 0.2) is 53.6 Å². The second kappa shape index (κ2) is 10.9. The molecule has 2 N–H and O–H groups in total. The minimum absolute atomic E-state index is 0.247. The van der Waals surface area contributed by atoms with E-state index >= 15 is 0 Å². The summed E-state index contributed by atoms with van der Waals surface area (Å²) in [5, 5.41) is 13.1. The maximum Gasteiger partial charge on any atom is 0.335 e. The summed E-state index contributed by atoms with van der Waals surface area (Å²) in [7, 11) is 0. The molecule has 0 amide bonds. The minimum atomic E-state index is -0.944. The molecule has 0 saturated carbocycles. The van der Waals surface area contributed by atoms with Crippen molar-refractivity contribution in [3.05, 3.63) is 59.7 Å². The Labute approximate surface area is 154 Å². The van der Waals surface area contributed by atoms with Gasteiger partial charge in [0.1, 0.15) is 5.75 Å². The van der Waals surface area contributed by atoms with E-state index < -0.39 is 5.97 Å². The van der Waals surface area contributed by atoms with Crippen LogP contribution >= 0.6 is 0 Å². The molecule has 0 radical (unpaired) electrons. The van der Waals surface area contributed by atoms with Gasteiger partial charge in [-0.3, -0.25) is 5.43 Å². The van der Waals surface area contributed by atoms with Gasteiger partial charge >= 0.3 is 5.97 Å². The van der Waals surface area contributed by atoms with E-state index in [0.717, 1.165) is 23.4 Å². The van der Waals surface area contributed by atoms with Crippen LogP contribution in [0.25, 0.3) is 0 Å². The van der Waals surface area contributed by atoms with E-state index in [1.54, 1.807) is 18.3 Å². The number of ether oxygens (including phenoxy) is 1. The normalized spacial score (nSPS) is 10.8. The van der Waals surface area contributed by atoms with Crippen molar-refractivity contribution in [1.29, 1.82) is 0 Å². The Bertz CT molecular complexity index is 711. The third-order valence-corrected chi connectivity index (χ3v) is 3.95. The molecule has 2 aromatic carbocycles. The predicted octanol–water partition coefficient (Wildman–Crippen LogP) is 5.18. The van der Waals surface area contributed by atoms with E-state index in [2.05, 4.69) is 17.5 Å². The highest BCUT2D eigenvalue weighted by Crippen LogP contribution is 2.17. The highest BCUT2D eigenvalue weighted by molar-refractivity contribution is 5.88. The van der Waals surface area contributed by atoms with Crippen molar-refractivity contribution in [2.75, 3.05) is 12.0 Å². The zero-order valence-electron chi connectivity index (χ0n) is 15.1. The highest BCUT2D eigenvalue weighted by atomic mass is 16.5. The smallest absolute Gasteiger partial charge is 0.335 e. The minimum Gasteiger partial charge on any atom is -0.493 e. The number of aromatic carboxylic acids is 1. The summed E-state index contributed by atoms with van der Waals surface area (Å²) < 4.78 is 5.88. The standard InChI is InChI=1S/C21H26N2O3/c1-2-3-4-5-8-15-26-20-10-7-6-9-18(20)16-22-23-19-13-11-17(12-14-19)21(24)25/h6-7,9-14,16,23H,2-5,8,15H2,1H3,(H,24,25). The molecule has 26 heavy (non-hydrogen) atoms. The number of rotatable bonds is 11. The quantitative estimate of drug-likeness (QED) is 0.331. The van der Waals surface area contributed by atoms with Gasteiger partial charge in [0, 0.05) is 5.56 Å². The third kappa shape index (κ3) is 6.59. The lowest BCUT2D eigenvalue weighted by atomic mass is 10.2. The van der Waals surface area contributed by atoms with Crippen molar-refractivity contribution in [2.45, 2.75) is 39.0 Å². The summed E-state index contributed by atoms with van der Waals surface area (Å²) in [4.78, 5) is 10.8. The van der Waals surface area contributed by atoms with E-state index in [1.807, 2.05) is 24.3 Å². The summed E-state index contributed by atoms with van der Waals surface area (Å²) in [6, 6.07) is 14.2. The van der Waals surface area contributed by atoms with E-state index in [-0.39, 0.29) is 5.56 Å². The Kier molecular flexibility index (Phi) is 8.19. The maximum atomic E-state index is 10.8. The van der Waals surface area contributed by atoms with Crippen LogP contribution < -0.4 is 10.2 Å². The number of hydrogen-bond donors (Lipinski definition) is 2. The zero-order chi connectivity index (χ0) is 18.6. The zero-order valence-corrected chi connectivity index (χ0v) is 15.1. The van der Waals surface area contributed by atoms with Crippen molar-refractivity contribution >= 4 is 17.9 Å². The van der Waals surface area contributed by atoms with Gasteiger partial charge in [0.2, 0.25) is 0 Å². The highest BCUT2D eigenvalue weighted by Gasteiger charge is 2.02. The van der Waals surface area contributed by atoms with Crippen LogP contribution in [0.1, 0.15) is 54.9 Å². The molecular weight excluding hydrogens is 328 g/mol. The number of hydrogen-bond acceptors (Lipinski definition) is 4. The van der Waals surface area contributed by atoms with Gasteiger partial charge in [0.25, 0.3) is 0 Å². The number of nitrogens with zero attached hydrogens (tertiary/aromatic N) is 1. The molecular formula is C21H26N2O3. The average molecular weight is 354 g/mol. The molecule has 0 fully saturated rings. The van der Waals surface area contributed by atoms with Crippen LogP contribution in [0, 0.1) is 0 Å². The van der Waals surface area contributed by atoms with Crippen LogP contribution in [0.3, 0.4) is 0 Å². The van der Waals surface area contributed by atoms with Gasteiger partial charge in [-0.25, -0.2) is 4.79 Å². The SMILES string of the molecule is CCCCCCCOc1ccccc1C=NNc1ccc(C(=O)O)cc1. The van der Waals surface area contributed by atoms with Crippen LogP contribution in [0.4, 0.5) is 5.69 Å². The number of carbonyl (C=O) groups is 1. The van der Waals surface area contributed by atoms with Crippen LogP contribution in [0.5, 0.6) is 5.75 Å². The lowest BCUT2D eigenvalue weighted by molar-refractivity contribution is 0.0697. The number of unbranched alkanes of at least 4 members (excludes halogenated alkanes) is 4. The Balaban J connectivity index is 1.86. The molecule has 0 unspecified atom stereocenters. The number of para-hydroxylation sites is 1. The number of anilines is 1. The van der Waals surface area contributed by atoms with Gasteiger partial charge in [-0.15, -0.1) is 0 Å². The summed E-state index contributed by atoms with van der Waals surface area (Å²) in [5.41, 5.74) is 4.77. The first-order chi connectivity index (χ1) is 12.7. The first kappa shape index (κ1) is 19.5. The number of benzene rings is 2. The molecule has 2 aromatic rings. The average Bonchev–Trinajstić information content (AvgIpc) is 2.66. The summed E-state index contributed by atoms with van der Waals surface area (Å²) in [6.07, 6.45) is 7.73. The molecule has 0 bridgehead atoms. The van der Waals surface area contributed by atoms with E-state index in [1.165, 1.54) is 37.8 Å². The molecule has 0 spiro atoms. The number of hydrazone groups is 1. The van der Waals surface area contributed by atoms with E-state index in [9.17, 15) is 4.79 Å². The Morgan fingerprint density at radius 3 is 2.54 bits per heavy atom. The Morgan fingerprint density at radius 2 is 1.81 bits per heavy atom.